The fraction of sp³-hybridized carbons (Fsp3) is 0.692. The van der Waals surface area contributed by atoms with Gasteiger partial charge in [-0.3, -0.25) is 4.79 Å². The van der Waals surface area contributed by atoms with E-state index in [1.165, 1.54) is 0 Å². The topological polar surface area (TPSA) is 100 Å². The average molecular weight is 295 g/mol. The molecule has 8 nitrogen and oxygen atoms in total. The molecule has 0 saturated carbocycles. The van der Waals surface area contributed by atoms with Gasteiger partial charge in [-0.05, 0) is 13.8 Å². The lowest BCUT2D eigenvalue weighted by Gasteiger charge is -2.23. The molecule has 1 aromatic heterocycles. The predicted molar refractivity (Wildman–Crippen MR) is 84.3 cm³/mol. The number of nitrogens with one attached hydrogen (secondary N) is 1. The van der Waals surface area contributed by atoms with Crippen LogP contribution in [-0.2, 0) is 4.79 Å². The number of aromatic nitrogens is 3. The molecule has 0 aliphatic carbocycles. The highest BCUT2D eigenvalue weighted by Crippen LogP contribution is 2.15. The van der Waals surface area contributed by atoms with Crippen LogP contribution in [-0.4, -0.2) is 54.6 Å². The number of amides is 1. The number of hydrogen-bond donors (Lipinski definition) is 2. The van der Waals surface area contributed by atoms with Crippen LogP contribution in [0.3, 0.4) is 0 Å². The molecule has 0 aromatic carbocycles. The summed E-state index contributed by atoms with van der Waals surface area (Å²) in [5, 5.41) is 2.63. The first-order chi connectivity index (χ1) is 9.92. The molecule has 1 rings (SSSR count). The van der Waals surface area contributed by atoms with Crippen molar-refractivity contribution in [1.82, 2.24) is 20.3 Å². The second-order valence-corrected chi connectivity index (χ2v) is 4.86. The third-order valence-corrected chi connectivity index (χ3v) is 3.26. The van der Waals surface area contributed by atoms with Gasteiger partial charge in [0.15, 0.2) is 0 Å². The van der Waals surface area contributed by atoms with Crippen molar-refractivity contribution in [1.29, 1.82) is 0 Å². The molecule has 8 heteroatoms. The number of anilines is 3. The number of nitrogens with zero attached hydrogens (tertiary/aromatic N) is 5. The minimum atomic E-state index is -0.171. The monoisotopic (exact) mass is 295 g/mol. The number of carbonyl (C=O) groups is 1. The van der Waals surface area contributed by atoms with E-state index in [1.54, 1.807) is 7.05 Å². The fourth-order valence-corrected chi connectivity index (χ4v) is 2.01. The van der Waals surface area contributed by atoms with Crippen LogP contribution in [0.5, 0.6) is 0 Å². The van der Waals surface area contributed by atoms with Crippen molar-refractivity contribution in [2.24, 2.45) is 5.92 Å². The van der Waals surface area contributed by atoms with E-state index >= 15 is 0 Å². The molecular formula is C13H25N7O. The highest BCUT2D eigenvalue weighted by atomic mass is 16.1. The van der Waals surface area contributed by atoms with Crippen LogP contribution in [0.1, 0.15) is 20.8 Å². The minimum Gasteiger partial charge on any atom is -0.368 e. The lowest BCUT2D eigenvalue weighted by Crippen LogP contribution is -2.35. The first-order valence-corrected chi connectivity index (χ1v) is 7.12. The predicted octanol–water partition coefficient (Wildman–Crippen LogP) is 0.118. The Morgan fingerprint density at radius 1 is 1.24 bits per heavy atom. The van der Waals surface area contributed by atoms with Crippen LogP contribution >= 0.6 is 0 Å². The molecule has 3 N–H and O–H groups in total. The number of nitrogens with two attached hydrogens (primary N) is 1. The maximum atomic E-state index is 11.6. The smallest absolute Gasteiger partial charge is 0.231 e. The summed E-state index contributed by atoms with van der Waals surface area (Å²) in [6.45, 7) is 7.99. The fourth-order valence-electron chi connectivity index (χ4n) is 2.01. The summed E-state index contributed by atoms with van der Waals surface area (Å²) in [5.41, 5.74) is 5.77. The number of hydrogen-bond acceptors (Lipinski definition) is 7. The molecule has 0 aliphatic rings. The summed E-state index contributed by atoms with van der Waals surface area (Å²) in [4.78, 5) is 28.1. The highest BCUT2D eigenvalue weighted by Gasteiger charge is 2.17. The van der Waals surface area contributed by atoms with Crippen LogP contribution < -0.4 is 20.9 Å². The highest BCUT2D eigenvalue weighted by molar-refractivity contribution is 5.78. The van der Waals surface area contributed by atoms with Gasteiger partial charge in [0.05, 0.1) is 5.92 Å². The Labute approximate surface area is 125 Å². The standard InChI is InChI=1S/C13H25N7O/c1-6-20(7-2)13-17-11(14)16-12(18-13)19(5)8-9(3)10(21)15-4/h9H,6-8H2,1-5H3,(H,15,21)(H2,14,16,17,18). The van der Waals surface area contributed by atoms with Gasteiger partial charge in [-0.15, -0.1) is 0 Å². The summed E-state index contributed by atoms with van der Waals surface area (Å²) in [5.74, 6) is 1.02. The van der Waals surface area contributed by atoms with Crippen LogP contribution in [0, 0.1) is 5.92 Å². The largest absolute Gasteiger partial charge is 0.368 e. The molecule has 0 aliphatic heterocycles. The van der Waals surface area contributed by atoms with E-state index < -0.39 is 0 Å². The van der Waals surface area contributed by atoms with Crippen molar-refractivity contribution in [2.75, 3.05) is 49.3 Å². The lowest BCUT2D eigenvalue weighted by molar-refractivity contribution is -0.123. The molecule has 1 heterocycles. The van der Waals surface area contributed by atoms with Crippen LogP contribution in [0.2, 0.25) is 0 Å². The number of carbonyl (C=O) groups excluding carboxylic acids is 1. The summed E-state index contributed by atoms with van der Waals surface area (Å²) in [7, 11) is 3.46. The minimum absolute atomic E-state index is 0.0205. The Hall–Kier alpha value is -2.12. The van der Waals surface area contributed by atoms with E-state index in [0.717, 1.165) is 13.1 Å². The summed E-state index contributed by atoms with van der Waals surface area (Å²) < 4.78 is 0. The van der Waals surface area contributed by atoms with Gasteiger partial charge in [-0.2, -0.15) is 15.0 Å². The molecule has 118 valence electrons. The van der Waals surface area contributed by atoms with E-state index in [9.17, 15) is 4.79 Å². The second kappa shape index (κ2) is 7.61. The molecule has 1 aromatic rings. The zero-order valence-corrected chi connectivity index (χ0v) is 13.4. The van der Waals surface area contributed by atoms with Crippen molar-refractivity contribution in [2.45, 2.75) is 20.8 Å². The molecule has 0 bridgehead atoms. The normalized spacial score (nSPS) is 11.9. The number of rotatable bonds is 7. The van der Waals surface area contributed by atoms with Crippen molar-refractivity contribution in [3.63, 3.8) is 0 Å². The van der Waals surface area contributed by atoms with Crippen molar-refractivity contribution in [3.05, 3.63) is 0 Å². The summed E-state index contributed by atoms with van der Waals surface area (Å²) in [6, 6.07) is 0. The maximum absolute atomic E-state index is 11.6. The van der Waals surface area contributed by atoms with E-state index in [-0.39, 0.29) is 17.8 Å². The first kappa shape index (κ1) is 16.9. The molecule has 0 fully saturated rings. The van der Waals surface area contributed by atoms with Crippen LogP contribution in [0.15, 0.2) is 0 Å². The van der Waals surface area contributed by atoms with E-state index in [0.29, 0.717) is 18.4 Å². The van der Waals surface area contributed by atoms with E-state index in [2.05, 4.69) is 20.3 Å². The van der Waals surface area contributed by atoms with Crippen molar-refractivity contribution in [3.8, 4) is 0 Å². The van der Waals surface area contributed by atoms with Crippen molar-refractivity contribution < 1.29 is 4.79 Å². The maximum Gasteiger partial charge on any atom is 0.231 e. The zero-order chi connectivity index (χ0) is 16.0. The van der Waals surface area contributed by atoms with Gasteiger partial charge in [-0.1, -0.05) is 6.92 Å². The lowest BCUT2D eigenvalue weighted by atomic mass is 10.1. The SMILES string of the molecule is CCN(CC)c1nc(N)nc(N(C)CC(C)C(=O)NC)n1. The second-order valence-electron chi connectivity index (χ2n) is 4.86. The van der Waals surface area contributed by atoms with Gasteiger partial charge in [0.25, 0.3) is 0 Å². The Morgan fingerprint density at radius 3 is 2.33 bits per heavy atom. The Kier molecular flexibility index (Phi) is 6.13. The van der Waals surface area contributed by atoms with Crippen LogP contribution in [0.4, 0.5) is 17.8 Å². The molecule has 0 spiro atoms. The average Bonchev–Trinajstić information content (AvgIpc) is 2.46. The first-order valence-electron chi connectivity index (χ1n) is 7.12. The molecule has 0 radical (unpaired) electrons. The third-order valence-electron chi connectivity index (χ3n) is 3.26. The van der Waals surface area contributed by atoms with Crippen LogP contribution in [0.25, 0.3) is 0 Å². The Morgan fingerprint density at radius 2 is 1.81 bits per heavy atom. The van der Waals surface area contributed by atoms with Gasteiger partial charge in [0, 0.05) is 33.7 Å². The quantitative estimate of drug-likeness (QED) is 0.736. The summed E-state index contributed by atoms with van der Waals surface area (Å²) >= 11 is 0. The molecule has 1 atom stereocenters. The van der Waals surface area contributed by atoms with Gasteiger partial charge in [0.2, 0.25) is 23.8 Å². The molecular weight excluding hydrogens is 270 g/mol. The third kappa shape index (κ3) is 4.44. The van der Waals surface area contributed by atoms with Gasteiger partial charge >= 0.3 is 0 Å². The Balaban J connectivity index is 2.94. The molecule has 21 heavy (non-hydrogen) atoms. The Bertz CT molecular complexity index is 476. The van der Waals surface area contributed by atoms with Crippen molar-refractivity contribution >= 4 is 23.8 Å². The van der Waals surface area contributed by atoms with Gasteiger partial charge in [-0.25, -0.2) is 0 Å². The molecule has 1 unspecified atom stereocenters. The van der Waals surface area contributed by atoms with E-state index in [1.807, 2.05) is 37.6 Å². The zero-order valence-electron chi connectivity index (χ0n) is 13.4. The number of nitrogen functional groups attached to an aromatic ring is 1. The van der Waals surface area contributed by atoms with E-state index in [4.69, 9.17) is 5.73 Å². The van der Waals surface area contributed by atoms with Gasteiger partial charge in [0.1, 0.15) is 0 Å². The summed E-state index contributed by atoms with van der Waals surface area (Å²) in [6.07, 6.45) is 0. The molecule has 0 saturated heterocycles. The van der Waals surface area contributed by atoms with Gasteiger partial charge < -0.3 is 20.9 Å². The molecule has 1 amide bonds.